The molecule has 0 aromatic heterocycles. The minimum Gasteiger partial charge on any atom is -0.449 e. The average molecular weight is 534 g/mol. The summed E-state index contributed by atoms with van der Waals surface area (Å²) in [6.07, 6.45) is 4.98. The van der Waals surface area contributed by atoms with Crippen LogP contribution in [0.4, 0.5) is 4.79 Å². The lowest BCUT2D eigenvalue weighted by Gasteiger charge is -2.13. The van der Waals surface area contributed by atoms with E-state index >= 15 is 0 Å². The zero-order valence-corrected chi connectivity index (χ0v) is 22.0. The molecular formula is C27H39N3O8. The Labute approximate surface area is 223 Å². The van der Waals surface area contributed by atoms with E-state index < -0.39 is 23.9 Å². The fourth-order valence-electron chi connectivity index (χ4n) is 4.69. The third-order valence-electron chi connectivity index (χ3n) is 6.81. The van der Waals surface area contributed by atoms with Crippen LogP contribution >= 0.6 is 0 Å². The van der Waals surface area contributed by atoms with Crippen molar-refractivity contribution in [3.8, 4) is 11.8 Å². The summed E-state index contributed by atoms with van der Waals surface area (Å²) >= 11 is 0. The molecule has 11 heteroatoms. The number of imide groups is 1. The number of nitrogens with one attached hydrogen (secondary N) is 2. The van der Waals surface area contributed by atoms with Crippen molar-refractivity contribution in [2.75, 3.05) is 46.1 Å². The van der Waals surface area contributed by atoms with E-state index in [-0.39, 0.29) is 19.3 Å². The van der Waals surface area contributed by atoms with Crippen molar-refractivity contribution in [2.24, 2.45) is 17.8 Å². The van der Waals surface area contributed by atoms with Crippen molar-refractivity contribution in [3.63, 3.8) is 0 Å². The Morgan fingerprint density at radius 1 is 0.895 bits per heavy atom. The number of hydrogen-bond acceptors (Lipinski definition) is 9. The number of fused-ring (bicyclic) bond motifs is 1. The highest BCUT2D eigenvalue weighted by atomic mass is 16.7. The lowest BCUT2D eigenvalue weighted by atomic mass is 10.1. The Balaban J connectivity index is 1.06. The van der Waals surface area contributed by atoms with Crippen LogP contribution in [0, 0.1) is 29.6 Å². The molecular weight excluding hydrogens is 494 g/mol. The molecule has 11 nitrogen and oxygen atoms in total. The van der Waals surface area contributed by atoms with Crippen LogP contribution < -0.4 is 10.6 Å². The topological polar surface area (TPSA) is 132 Å². The highest BCUT2D eigenvalue weighted by Crippen LogP contribution is 2.52. The van der Waals surface area contributed by atoms with E-state index in [0.717, 1.165) is 31.4 Å². The molecule has 1 aliphatic heterocycles. The van der Waals surface area contributed by atoms with Crippen LogP contribution in [0.5, 0.6) is 0 Å². The SMILES string of the molecule is C=C(CCCC(=O)ON1C(=O)CCC1=O)NCCOCCOCCNC(=O)OC[C@@H]1[C@@H]2CCC#CCC[C@@H]21. The molecule has 0 radical (unpaired) electrons. The molecule has 2 aliphatic carbocycles. The van der Waals surface area contributed by atoms with Crippen LogP contribution in [-0.4, -0.2) is 75.1 Å². The van der Waals surface area contributed by atoms with Gasteiger partial charge in [-0.1, -0.05) is 6.58 Å². The molecule has 1 heterocycles. The quantitative estimate of drug-likeness (QED) is 0.164. The minimum absolute atomic E-state index is 0.0762. The van der Waals surface area contributed by atoms with E-state index in [9.17, 15) is 19.2 Å². The lowest BCUT2D eigenvalue weighted by Crippen LogP contribution is -2.32. The van der Waals surface area contributed by atoms with E-state index in [4.69, 9.17) is 19.0 Å². The molecule has 0 aromatic rings. The first kappa shape index (κ1) is 29.5. The van der Waals surface area contributed by atoms with Gasteiger partial charge in [0, 0.05) is 50.9 Å². The maximum Gasteiger partial charge on any atom is 0.407 e. The number of nitrogens with zero attached hydrogens (tertiary/aromatic N) is 1. The summed E-state index contributed by atoms with van der Waals surface area (Å²) in [5, 5.41) is 6.38. The van der Waals surface area contributed by atoms with Gasteiger partial charge < -0.3 is 29.7 Å². The first-order valence-corrected chi connectivity index (χ1v) is 13.5. The van der Waals surface area contributed by atoms with Gasteiger partial charge in [0.25, 0.3) is 11.8 Å². The van der Waals surface area contributed by atoms with Crippen LogP contribution in [0.2, 0.25) is 0 Å². The Morgan fingerprint density at radius 3 is 2.13 bits per heavy atom. The molecule has 38 heavy (non-hydrogen) atoms. The van der Waals surface area contributed by atoms with Crippen LogP contribution in [0.15, 0.2) is 12.3 Å². The van der Waals surface area contributed by atoms with Crippen molar-refractivity contribution in [1.82, 2.24) is 15.7 Å². The summed E-state index contributed by atoms with van der Waals surface area (Å²) in [5.74, 6) is 6.58. The molecule has 0 aromatic carbocycles. The molecule has 2 N–H and O–H groups in total. The van der Waals surface area contributed by atoms with Crippen LogP contribution in [-0.2, 0) is 33.4 Å². The number of hydrogen-bond donors (Lipinski definition) is 2. The first-order chi connectivity index (χ1) is 18.5. The summed E-state index contributed by atoms with van der Waals surface area (Å²) in [4.78, 5) is 51.3. The van der Waals surface area contributed by atoms with Gasteiger partial charge in [-0.15, -0.1) is 16.9 Å². The van der Waals surface area contributed by atoms with E-state index in [0.29, 0.717) is 81.8 Å². The lowest BCUT2D eigenvalue weighted by molar-refractivity contribution is -0.197. The number of rotatable bonds is 17. The third kappa shape index (κ3) is 10.3. The fraction of sp³-hybridized carbons (Fsp3) is 0.704. The van der Waals surface area contributed by atoms with Gasteiger partial charge in [0.15, 0.2) is 0 Å². The average Bonchev–Trinajstić information content (AvgIpc) is 3.42. The maximum atomic E-state index is 11.9. The second-order valence-electron chi connectivity index (χ2n) is 9.60. The van der Waals surface area contributed by atoms with E-state index in [1.54, 1.807) is 0 Å². The first-order valence-electron chi connectivity index (χ1n) is 13.5. The van der Waals surface area contributed by atoms with Gasteiger partial charge in [0.1, 0.15) is 0 Å². The molecule has 0 bridgehead atoms. The highest BCUT2D eigenvalue weighted by Gasteiger charge is 2.49. The van der Waals surface area contributed by atoms with Crippen molar-refractivity contribution in [2.45, 2.75) is 57.8 Å². The summed E-state index contributed by atoms with van der Waals surface area (Å²) in [6, 6.07) is 0. The largest absolute Gasteiger partial charge is 0.449 e. The highest BCUT2D eigenvalue weighted by molar-refractivity contribution is 6.01. The Kier molecular flexibility index (Phi) is 12.4. The molecule has 3 rings (SSSR count). The number of amides is 3. The molecule has 3 atom stereocenters. The Bertz CT molecular complexity index is 878. The molecule has 1 saturated carbocycles. The maximum absolute atomic E-state index is 11.9. The van der Waals surface area contributed by atoms with Crippen molar-refractivity contribution in [3.05, 3.63) is 12.3 Å². The third-order valence-corrected chi connectivity index (χ3v) is 6.81. The minimum atomic E-state index is -0.617. The van der Waals surface area contributed by atoms with Gasteiger partial charge in [-0.05, 0) is 43.4 Å². The van der Waals surface area contributed by atoms with Crippen LogP contribution in [0.25, 0.3) is 0 Å². The molecule has 0 unspecified atom stereocenters. The smallest absolute Gasteiger partial charge is 0.407 e. The second kappa shape index (κ2) is 16.0. The van der Waals surface area contributed by atoms with Crippen molar-refractivity contribution < 1.29 is 38.2 Å². The number of ether oxygens (including phenoxy) is 3. The molecule has 3 amide bonds. The zero-order valence-electron chi connectivity index (χ0n) is 22.0. The van der Waals surface area contributed by atoms with Crippen molar-refractivity contribution in [1.29, 1.82) is 0 Å². The predicted octanol–water partition coefficient (Wildman–Crippen LogP) is 2.07. The number of carbonyl (C=O) groups excluding carboxylic acids is 4. The van der Waals surface area contributed by atoms with Crippen LogP contribution in [0.3, 0.4) is 0 Å². The monoisotopic (exact) mass is 533 g/mol. The van der Waals surface area contributed by atoms with E-state index in [1.165, 1.54) is 0 Å². The molecule has 3 aliphatic rings. The fourth-order valence-corrected chi connectivity index (χ4v) is 4.69. The summed E-state index contributed by atoms with van der Waals surface area (Å²) < 4.78 is 16.3. The van der Waals surface area contributed by atoms with Gasteiger partial charge in [-0.25, -0.2) is 9.59 Å². The number of alkyl carbamates (subject to hydrolysis) is 1. The van der Waals surface area contributed by atoms with E-state index in [1.807, 2.05) is 0 Å². The Hall–Kier alpha value is -3.10. The number of hydroxylamine groups is 2. The molecule has 1 saturated heterocycles. The van der Waals surface area contributed by atoms with Gasteiger partial charge in [0.2, 0.25) is 0 Å². The predicted molar refractivity (Wildman–Crippen MR) is 136 cm³/mol. The van der Waals surface area contributed by atoms with Crippen LogP contribution in [0.1, 0.15) is 57.8 Å². The standard InChI is InChI=1S/C27H39N3O8/c1-20(7-6-10-26(33)38-30-24(31)11-12-25(30)32)28-13-15-35-17-18-36-16-14-29-27(34)37-19-23-21-8-4-2-3-5-9-22(21)23/h21-23,28H,1,4-19H2,(H,29,34)/t21-,22+,23-. The number of carbonyl (C=O) groups is 4. The number of allylic oxidation sites excluding steroid dienone is 1. The normalized spacial score (nSPS) is 21.9. The summed E-state index contributed by atoms with van der Waals surface area (Å²) in [7, 11) is 0. The van der Waals surface area contributed by atoms with Gasteiger partial charge in [-0.3, -0.25) is 9.59 Å². The molecule has 0 spiro atoms. The molecule has 210 valence electrons. The van der Waals surface area contributed by atoms with Gasteiger partial charge in [-0.2, -0.15) is 0 Å². The van der Waals surface area contributed by atoms with Gasteiger partial charge in [0.05, 0.1) is 33.0 Å². The van der Waals surface area contributed by atoms with E-state index in [2.05, 4.69) is 29.1 Å². The zero-order chi connectivity index (χ0) is 27.2. The molecule has 2 fully saturated rings. The Morgan fingerprint density at radius 2 is 1.50 bits per heavy atom. The second-order valence-corrected chi connectivity index (χ2v) is 9.60. The van der Waals surface area contributed by atoms with Crippen molar-refractivity contribution >= 4 is 23.9 Å². The summed E-state index contributed by atoms with van der Waals surface area (Å²) in [5.41, 5.74) is 0.754. The summed E-state index contributed by atoms with van der Waals surface area (Å²) in [6.45, 7) is 6.99. The van der Waals surface area contributed by atoms with Gasteiger partial charge >= 0.3 is 12.1 Å².